The molecule has 0 aliphatic heterocycles. The molecule has 2 rings (SSSR count). The summed E-state index contributed by atoms with van der Waals surface area (Å²) in [7, 11) is -8.44. The van der Waals surface area contributed by atoms with Gasteiger partial charge in [0, 0.05) is 19.6 Å². The third-order valence-electron chi connectivity index (χ3n) is 9.34. The Hall–Kier alpha value is -0.134. The molecule has 0 aliphatic carbocycles. The fourth-order valence-electron chi connectivity index (χ4n) is 6.28. The van der Waals surface area contributed by atoms with Gasteiger partial charge in [-0.2, -0.15) is 8.42 Å². The summed E-state index contributed by atoms with van der Waals surface area (Å²) in [5.41, 5.74) is 1.39. The number of rotatable bonds is 30. The second-order valence-electron chi connectivity index (χ2n) is 14.0. The molecule has 2 aromatic carbocycles. The number of aliphatic hydroxyl groups excluding tert-OH is 3. The first-order valence-corrected chi connectivity index (χ1v) is 23.4. The van der Waals surface area contributed by atoms with E-state index in [0.29, 0.717) is 38.0 Å². The Bertz CT molecular complexity index is 1290. The van der Waals surface area contributed by atoms with Crippen LogP contribution in [0.15, 0.2) is 58.3 Å². The zero-order valence-electron chi connectivity index (χ0n) is 37.2. The summed E-state index contributed by atoms with van der Waals surface area (Å²) in [6.45, 7) is 6.22. The van der Waals surface area contributed by atoms with E-state index in [9.17, 15) is 25.9 Å². The Kier molecular flexibility index (Phi) is 43.3. The van der Waals surface area contributed by atoms with Crippen LogP contribution in [0.4, 0.5) is 0 Å². The summed E-state index contributed by atoms with van der Waals surface area (Å²) < 4.78 is 65.3. The number of hydrogen-bond acceptors (Lipinski definition) is 9. The molecule has 0 saturated heterocycles. The molecule has 0 bridgehead atoms. The standard InChI is InChI=1S/2C18H30O3S.C6H15NO3.Mg.Na.2H/c2*1-2-3-4-5-6-7-8-9-10-11-14-17-15-12-13-16-18(17)22(19,20)21;8-4-1-7(2-5-9)3-6-10;;;;/h2*12-13,15-16H,2-11,14H2,1H3,(H,19,20,21);8-10H,1-6H2;;;;/q;;;+2;+1;2*-1/p-1. The van der Waals surface area contributed by atoms with E-state index < -0.39 is 20.2 Å². The molecular weight excluding hydrogens is 774 g/mol. The van der Waals surface area contributed by atoms with E-state index in [0.717, 1.165) is 31.2 Å². The molecule has 0 spiro atoms. The molecule has 4 N–H and O–H groups in total. The summed E-state index contributed by atoms with van der Waals surface area (Å²) in [6, 6.07) is 13.3. The number of aliphatic hydroxyl groups is 3. The van der Waals surface area contributed by atoms with Gasteiger partial charge in [0.05, 0.1) is 29.6 Å². The largest absolute Gasteiger partial charge is 2.00 e. The summed E-state index contributed by atoms with van der Waals surface area (Å²) in [5.74, 6) is 0. The molecule has 318 valence electrons. The van der Waals surface area contributed by atoms with Crippen molar-refractivity contribution in [1.82, 2.24) is 4.90 Å². The van der Waals surface area contributed by atoms with Gasteiger partial charge in [-0.15, -0.1) is 0 Å². The van der Waals surface area contributed by atoms with E-state index in [1.165, 1.54) is 115 Å². The monoisotopic (exact) mass is 849 g/mol. The van der Waals surface area contributed by atoms with Crippen molar-refractivity contribution in [2.45, 2.75) is 165 Å². The summed E-state index contributed by atoms with van der Waals surface area (Å²) in [6.07, 6.45) is 26.5. The molecule has 0 aromatic heterocycles. The minimum Gasteiger partial charge on any atom is -1.00 e. The van der Waals surface area contributed by atoms with E-state index in [2.05, 4.69) is 13.8 Å². The van der Waals surface area contributed by atoms with Crippen molar-refractivity contribution in [2.24, 2.45) is 0 Å². The van der Waals surface area contributed by atoms with E-state index >= 15 is 0 Å². The van der Waals surface area contributed by atoms with Crippen LogP contribution in [-0.4, -0.2) is 109 Å². The van der Waals surface area contributed by atoms with Crippen LogP contribution in [-0.2, 0) is 33.1 Å². The molecule has 14 heteroatoms. The molecule has 10 nitrogen and oxygen atoms in total. The zero-order chi connectivity index (χ0) is 40.3. The van der Waals surface area contributed by atoms with Crippen molar-refractivity contribution in [3.8, 4) is 0 Å². The first-order chi connectivity index (χ1) is 26.0. The van der Waals surface area contributed by atoms with Crippen molar-refractivity contribution < 1.29 is 73.7 Å². The fourth-order valence-corrected chi connectivity index (χ4v) is 7.77. The third-order valence-corrected chi connectivity index (χ3v) is 11.2. The first-order valence-electron chi connectivity index (χ1n) is 20.6. The minimum absolute atomic E-state index is 0. The molecular formula is C42H76MgNNaO9S2. The van der Waals surface area contributed by atoms with Crippen molar-refractivity contribution in [2.75, 3.05) is 39.5 Å². The average Bonchev–Trinajstić information content (AvgIpc) is 3.13. The van der Waals surface area contributed by atoms with Crippen LogP contribution in [0.3, 0.4) is 0 Å². The van der Waals surface area contributed by atoms with Crippen molar-refractivity contribution in [3.05, 3.63) is 59.7 Å². The number of unbranched alkanes of at least 4 members (excludes halogenated alkanes) is 18. The van der Waals surface area contributed by atoms with E-state index in [4.69, 9.17) is 15.3 Å². The van der Waals surface area contributed by atoms with Crippen LogP contribution in [0.1, 0.15) is 156 Å². The maximum atomic E-state index is 11.3. The Morgan fingerprint density at radius 1 is 0.518 bits per heavy atom. The van der Waals surface area contributed by atoms with Gasteiger partial charge in [0.2, 0.25) is 0 Å². The molecule has 56 heavy (non-hydrogen) atoms. The Balaban J connectivity index is -0.000000249. The molecule has 0 radical (unpaired) electrons. The van der Waals surface area contributed by atoms with Gasteiger partial charge in [-0.05, 0) is 48.9 Å². The van der Waals surface area contributed by atoms with Crippen LogP contribution in [0.25, 0.3) is 0 Å². The molecule has 0 atom stereocenters. The van der Waals surface area contributed by atoms with Gasteiger partial charge in [0.15, 0.2) is 0 Å². The summed E-state index contributed by atoms with van der Waals surface area (Å²) in [5, 5.41) is 25.5. The van der Waals surface area contributed by atoms with Crippen LogP contribution < -0.4 is 29.6 Å². The Morgan fingerprint density at radius 3 is 1.11 bits per heavy atom. The van der Waals surface area contributed by atoms with E-state index in [-0.39, 0.29) is 85.1 Å². The van der Waals surface area contributed by atoms with Crippen LogP contribution in [0.5, 0.6) is 0 Å². The minimum atomic E-state index is -4.35. The SMILES string of the molecule is CCCCCCCCCCCCc1ccccc1S(=O)(=O)O.CCCCCCCCCCCCc1ccccc1S(=O)(=O)[O-].OCCN(CCO)CCO.[H-].[H-].[Mg+2].[Na+]. The Labute approximate surface area is 383 Å². The van der Waals surface area contributed by atoms with Gasteiger partial charge in [0.25, 0.3) is 10.1 Å². The quantitative estimate of drug-likeness (QED) is 0.0443. The molecule has 0 fully saturated rings. The molecule has 0 heterocycles. The summed E-state index contributed by atoms with van der Waals surface area (Å²) in [4.78, 5) is 1.80. The average molecular weight is 850 g/mol. The Morgan fingerprint density at radius 2 is 0.804 bits per heavy atom. The van der Waals surface area contributed by atoms with Crippen molar-refractivity contribution >= 4 is 43.3 Å². The predicted molar refractivity (Wildman–Crippen MR) is 227 cm³/mol. The third kappa shape index (κ3) is 33.7. The van der Waals surface area contributed by atoms with Gasteiger partial charge in [-0.25, -0.2) is 8.42 Å². The fraction of sp³-hybridized carbons (Fsp3) is 0.714. The zero-order valence-corrected chi connectivity index (χ0v) is 40.3. The molecule has 2 aromatic rings. The maximum absolute atomic E-state index is 11.3. The normalized spacial score (nSPS) is 11.1. The number of benzene rings is 2. The molecule has 0 saturated carbocycles. The van der Waals surface area contributed by atoms with Crippen molar-refractivity contribution in [3.63, 3.8) is 0 Å². The van der Waals surface area contributed by atoms with E-state index in [1.54, 1.807) is 35.2 Å². The second kappa shape index (κ2) is 40.3. The first kappa shape index (κ1) is 60.2. The van der Waals surface area contributed by atoms with Gasteiger partial charge in [0.1, 0.15) is 10.1 Å². The van der Waals surface area contributed by atoms with Crippen LogP contribution in [0.2, 0.25) is 0 Å². The number of nitrogens with zero attached hydrogens (tertiary/aromatic N) is 1. The van der Waals surface area contributed by atoms with Gasteiger partial charge in [-0.3, -0.25) is 9.45 Å². The van der Waals surface area contributed by atoms with E-state index in [1.807, 2.05) is 6.07 Å². The predicted octanol–water partition coefficient (Wildman–Crippen LogP) is 5.56. The van der Waals surface area contributed by atoms with Gasteiger partial charge >= 0.3 is 52.6 Å². The van der Waals surface area contributed by atoms with Crippen molar-refractivity contribution in [1.29, 1.82) is 0 Å². The van der Waals surface area contributed by atoms with Gasteiger partial charge < -0.3 is 22.7 Å². The molecule has 0 amide bonds. The topological polar surface area (TPSA) is 175 Å². The molecule has 0 unspecified atom stereocenters. The second-order valence-corrected chi connectivity index (χ2v) is 16.8. The van der Waals surface area contributed by atoms with Crippen LogP contribution in [0, 0.1) is 0 Å². The summed E-state index contributed by atoms with van der Waals surface area (Å²) >= 11 is 0. The number of aryl methyl sites for hydroxylation is 2. The molecule has 0 aliphatic rings. The maximum Gasteiger partial charge on any atom is 2.00 e. The number of hydrogen-bond donors (Lipinski definition) is 4. The van der Waals surface area contributed by atoms with Crippen LogP contribution >= 0.6 is 0 Å². The smallest absolute Gasteiger partial charge is 1.00 e. The van der Waals surface area contributed by atoms with Gasteiger partial charge in [-0.1, -0.05) is 166 Å².